The zero-order valence-electron chi connectivity index (χ0n) is 10.7. The lowest BCUT2D eigenvalue weighted by Gasteiger charge is -2.11. The second-order valence-corrected chi connectivity index (χ2v) is 4.89. The smallest absolute Gasteiger partial charge is 0.121 e. The number of ether oxygens (including phenoxy) is 1. The summed E-state index contributed by atoms with van der Waals surface area (Å²) in [6, 6.07) is 5.83. The van der Waals surface area contributed by atoms with Crippen LogP contribution in [0.5, 0.6) is 5.75 Å². The molecule has 1 aromatic carbocycles. The minimum absolute atomic E-state index is 0.468. The third-order valence-corrected chi connectivity index (χ3v) is 4.09. The van der Waals surface area contributed by atoms with Gasteiger partial charge in [-0.25, -0.2) is 4.68 Å². The summed E-state index contributed by atoms with van der Waals surface area (Å²) in [4.78, 5) is 0. The second kappa shape index (κ2) is 5.12. The Bertz CT molecular complexity index is 578. The van der Waals surface area contributed by atoms with Gasteiger partial charge < -0.3 is 10.5 Å². The monoisotopic (exact) mass is 309 g/mol. The van der Waals surface area contributed by atoms with E-state index in [-0.39, 0.29) is 0 Å². The van der Waals surface area contributed by atoms with E-state index < -0.39 is 0 Å². The number of aromatic nitrogens is 2. The van der Waals surface area contributed by atoms with Gasteiger partial charge in [0.05, 0.1) is 28.7 Å². The maximum absolute atomic E-state index is 5.78. The van der Waals surface area contributed by atoms with Gasteiger partial charge in [0.1, 0.15) is 5.75 Å². The largest absolute Gasteiger partial charge is 0.497 e. The molecule has 1 heterocycles. The summed E-state index contributed by atoms with van der Waals surface area (Å²) in [5.74, 6) is 0.797. The van der Waals surface area contributed by atoms with E-state index in [1.807, 2.05) is 36.7 Å². The Balaban J connectivity index is 2.64. The van der Waals surface area contributed by atoms with Crippen LogP contribution >= 0.6 is 15.9 Å². The van der Waals surface area contributed by atoms with Crippen molar-refractivity contribution in [3.8, 4) is 11.4 Å². The van der Waals surface area contributed by atoms with Crippen LogP contribution in [-0.2, 0) is 6.54 Å². The number of hydrogen-bond donors (Lipinski definition) is 1. The van der Waals surface area contributed by atoms with Crippen molar-refractivity contribution in [3.63, 3.8) is 0 Å². The van der Waals surface area contributed by atoms with Gasteiger partial charge in [0.2, 0.25) is 0 Å². The minimum atomic E-state index is 0.468. The maximum atomic E-state index is 5.78. The van der Waals surface area contributed by atoms with E-state index in [0.29, 0.717) is 6.54 Å². The normalized spacial score (nSPS) is 10.7. The first-order valence-electron chi connectivity index (χ1n) is 5.67. The van der Waals surface area contributed by atoms with E-state index in [2.05, 4.69) is 21.0 Å². The molecule has 18 heavy (non-hydrogen) atoms. The molecule has 0 aliphatic heterocycles. The summed E-state index contributed by atoms with van der Waals surface area (Å²) in [7, 11) is 1.65. The number of nitrogens with two attached hydrogens (primary N) is 1. The SMILES string of the molecule is COc1ccc(CN)c(-n2nc(C)c(Br)c2C)c1. The van der Waals surface area contributed by atoms with E-state index in [1.165, 1.54) is 0 Å². The molecule has 0 unspecified atom stereocenters. The van der Waals surface area contributed by atoms with Gasteiger partial charge in [0.15, 0.2) is 0 Å². The molecule has 5 heteroatoms. The average molecular weight is 310 g/mol. The number of benzene rings is 1. The number of halogens is 1. The van der Waals surface area contributed by atoms with E-state index in [1.54, 1.807) is 7.11 Å². The fourth-order valence-electron chi connectivity index (χ4n) is 1.90. The Labute approximate surface area is 115 Å². The highest BCUT2D eigenvalue weighted by Crippen LogP contribution is 2.27. The van der Waals surface area contributed by atoms with Crippen molar-refractivity contribution in [2.24, 2.45) is 5.73 Å². The molecule has 0 aliphatic carbocycles. The third kappa shape index (κ3) is 2.15. The summed E-state index contributed by atoms with van der Waals surface area (Å²) < 4.78 is 8.17. The molecule has 0 amide bonds. The van der Waals surface area contributed by atoms with Crippen LogP contribution in [0.3, 0.4) is 0 Å². The number of nitrogens with zero attached hydrogens (tertiary/aromatic N) is 2. The maximum Gasteiger partial charge on any atom is 0.121 e. The van der Waals surface area contributed by atoms with Crippen LogP contribution in [0.4, 0.5) is 0 Å². The third-order valence-electron chi connectivity index (χ3n) is 2.94. The van der Waals surface area contributed by atoms with Gasteiger partial charge in [0.25, 0.3) is 0 Å². The number of methoxy groups -OCH3 is 1. The van der Waals surface area contributed by atoms with Crippen molar-refractivity contribution in [2.75, 3.05) is 7.11 Å². The van der Waals surface area contributed by atoms with Crippen LogP contribution in [0.25, 0.3) is 5.69 Å². The molecule has 0 radical (unpaired) electrons. The fourth-order valence-corrected chi connectivity index (χ4v) is 2.15. The molecular weight excluding hydrogens is 294 g/mol. The molecular formula is C13H16BrN3O. The molecule has 2 rings (SSSR count). The van der Waals surface area contributed by atoms with Gasteiger partial charge in [-0.3, -0.25) is 0 Å². The Morgan fingerprint density at radius 3 is 2.61 bits per heavy atom. The molecule has 96 valence electrons. The average Bonchev–Trinajstić information content (AvgIpc) is 2.65. The lowest BCUT2D eigenvalue weighted by atomic mass is 10.1. The topological polar surface area (TPSA) is 53.1 Å². The lowest BCUT2D eigenvalue weighted by Crippen LogP contribution is -2.07. The fraction of sp³-hybridized carbons (Fsp3) is 0.308. The van der Waals surface area contributed by atoms with Crippen molar-refractivity contribution < 1.29 is 4.74 Å². The van der Waals surface area contributed by atoms with Gasteiger partial charge in [-0.05, 0) is 41.4 Å². The highest BCUT2D eigenvalue weighted by atomic mass is 79.9. The number of aryl methyl sites for hydroxylation is 1. The predicted octanol–water partition coefficient (Wildman–Crippen LogP) is 2.72. The molecule has 0 atom stereocenters. The van der Waals surface area contributed by atoms with Gasteiger partial charge in [-0.1, -0.05) is 6.07 Å². The van der Waals surface area contributed by atoms with Crippen LogP contribution in [0.1, 0.15) is 17.0 Å². The molecule has 1 aromatic heterocycles. The highest BCUT2D eigenvalue weighted by molar-refractivity contribution is 9.10. The highest BCUT2D eigenvalue weighted by Gasteiger charge is 2.13. The molecule has 0 saturated heterocycles. The molecule has 2 N–H and O–H groups in total. The molecule has 2 aromatic rings. The first kappa shape index (κ1) is 13.1. The Kier molecular flexibility index (Phi) is 3.73. The van der Waals surface area contributed by atoms with Crippen molar-refractivity contribution in [1.29, 1.82) is 0 Å². The predicted molar refractivity (Wildman–Crippen MR) is 75.2 cm³/mol. The van der Waals surface area contributed by atoms with Crippen molar-refractivity contribution in [3.05, 3.63) is 39.6 Å². The standard InChI is InChI=1S/C13H16BrN3O/c1-8-13(14)9(2)17(16-8)12-6-11(18-3)5-4-10(12)7-15/h4-6H,7,15H2,1-3H3. The Morgan fingerprint density at radius 2 is 2.11 bits per heavy atom. The summed E-state index contributed by atoms with van der Waals surface area (Å²) in [5, 5.41) is 4.52. The van der Waals surface area contributed by atoms with Gasteiger partial charge in [-0.2, -0.15) is 5.10 Å². The Hall–Kier alpha value is -1.33. The summed E-state index contributed by atoms with van der Waals surface area (Å²) in [5.41, 5.74) is 9.79. The number of rotatable bonds is 3. The molecule has 4 nitrogen and oxygen atoms in total. The van der Waals surface area contributed by atoms with E-state index in [9.17, 15) is 0 Å². The van der Waals surface area contributed by atoms with Crippen LogP contribution in [0.15, 0.2) is 22.7 Å². The van der Waals surface area contributed by atoms with E-state index in [4.69, 9.17) is 10.5 Å². The quantitative estimate of drug-likeness (QED) is 0.948. The van der Waals surface area contributed by atoms with Gasteiger partial charge in [0, 0.05) is 12.6 Å². The molecule has 0 fully saturated rings. The first-order chi connectivity index (χ1) is 8.58. The number of hydrogen-bond acceptors (Lipinski definition) is 3. The van der Waals surface area contributed by atoms with Gasteiger partial charge in [-0.15, -0.1) is 0 Å². The zero-order valence-corrected chi connectivity index (χ0v) is 12.3. The van der Waals surface area contributed by atoms with Crippen molar-refractivity contribution in [1.82, 2.24) is 9.78 Å². The molecule has 0 aliphatic rings. The molecule has 0 spiro atoms. The van der Waals surface area contributed by atoms with Gasteiger partial charge >= 0.3 is 0 Å². The Morgan fingerprint density at radius 1 is 1.39 bits per heavy atom. The minimum Gasteiger partial charge on any atom is -0.497 e. The lowest BCUT2D eigenvalue weighted by molar-refractivity contribution is 0.414. The van der Waals surface area contributed by atoms with Crippen molar-refractivity contribution >= 4 is 15.9 Å². The molecule has 0 bridgehead atoms. The van der Waals surface area contributed by atoms with Crippen molar-refractivity contribution in [2.45, 2.75) is 20.4 Å². The zero-order chi connectivity index (χ0) is 13.3. The summed E-state index contributed by atoms with van der Waals surface area (Å²) >= 11 is 3.53. The van der Waals surface area contributed by atoms with E-state index in [0.717, 1.165) is 32.9 Å². The molecule has 0 saturated carbocycles. The summed E-state index contributed by atoms with van der Waals surface area (Å²) in [6.07, 6.45) is 0. The second-order valence-electron chi connectivity index (χ2n) is 4.10. The first-order valence-corrected chi connectivity index (χ1v) is 6.47. The summed E-state index contributed by atoms with van der Waals surface area (Å²) in [6.45, 7) is 4.45. The van der Waals surface area contributed by atoms with Crippen LogP contribution in [-0.4, -0.2) is 16.9 Å². The van der Waals surface area contributed by atoms with E-state index >= 15 is 0 Å². The van der Waals surface area contributed by atoms with Crippen LogP contribution in [0.2, 0.25) is 0 Å². The van der Waals surface area contributed by atoms with Crippen LogP contribution in [0, 0.1) is 13.8 Å². The van der Waals surface area contributed by atoms with Crippen LogP contribution < -0.4 is 10.5 Å².